The molecule has 0 spiro atoms. The van der Waals surface area contributed by atoms with Crippen LogP contribution in [0.4, 0.5) is 5.69 Å². The average molecular weight is 322 g/mol. The van der Waals surface area contributed by atoms with Gasteiger partial charge in [0, 0.05) is 18.1 Å². The van der Waals surface area contributed by atoms with Gasteiger partial charge in [-0.05, 0) is 40.2 Å². The number of pyridine rings is 2. The van der Waals surface area contributed by atoms with Crippen molar-refractivity contribution in [2.75, 3.05) is 5.32 Å². The smallest absolute Gasteiger partial charge is 0.354 e. The molecule has 0 unspecified atom stereocenters. The maximum atomic E-state index is 11.9. The molecule has 7 heteroatoms. The third-order valence-corrected chi connectivity index (χ3v) is 2.70. The van der Waals surface area contributed by atoms with Crippen LogP contribution in [0.15, 0.2) is 41.3 Å². The monoisotopic (exact) mass is 321 g/mol. The normalized spacial score (nSPS) is 9.95. The highest BCUT2D eigenvalue weighted by Gasteiger charge is 2.09. The number of carbonyl (C=O) groups excluding carboxylic acids is 1. The third-order valence-electron chi connectivity index (χ3n) is 2.23. The van der Waals surface area contributed by atoms with Crippen molar-refractivity contribution < 1.29 is 14.7 Å². The Morgan fingerprint density at radius 2 is 2.00 bits per heavy atom. The minimum atomic E-state index is -1.15. The largest absolute Gasteiger partial charge is 0.477 e. The molecule has 1 amide bonds. The van der Waals surface area contributed by atoms with Gasteiger partial charge >= 0.3 is 5.97 Å². The Bertz CT molecular complexity index is 628. The molecule has 0 atom stereocenters. The number of amides is 1. The number of nitrogens with one attached hydrogen (secondary N) is 1. The molecule has 19 heavy (non-hydrogen) atoms. The number of anilines is 1. The molecule has 2 rings (SSSR count). The van der Waals surface area contributed by atoms with Crippen LogP contribution >= 0.6 is 15.9 Å². The number of hydrogen-bond donors (Lipinski definition) is 2. The molecule has 6 nitrogen and oxygen atoms in total. The Morgan fingerprint density at radius 3 is 2.63 bits per heavy atom. The lowest BCUT2D eigenvalue weighted by Crippen LogP contribution is -2.13. The van der Waals surface area contributed by atoms with Gasteiger partial charge in [-0.15, -0.1) is 0 Å². The molecule has 2 aromatic rings. The van der Waals surface area contributed by atoms with E-state index in [4.69, 9.17) is 5.11 Å². The molecule has 0 saturated carbocycles. The minimum absolute atomic E-state index is 0.133. The number of halogens is 1. The molecule has 2 aromatic heterocycles. The summed E-state index contributed by atoms with van der Waals surface area (Å²) in [5, 5.41) is 11.4. The molecule has 0 radical (unpaired) electrons. The van der Waals surface area contributed by atoms with Crippen LogP contribution in [0.2, 0.25) is 0 Å². The van der Waals surface area contributed by atoms with Crippen LogP contribution in [0.1, 0.15) is 20.8 Å². The Kier molecular flexibility index (Phi) is 3.86. The molecule has 0 fully saturated rings. The van der Waals surface area contributed by atoms with Crippen LogP contribution in [-0.2, 0) is 0 Å². The molecule has 0 aromatic carbocycles. The second kappa shape index (κ2) is 5.57. The summed E-state index contributed by atoms with van der Waals surface area (Å²) in [6.07, 6.45) is 2.73. The van der Waals surface area contributed by atoms with Crippen molar-refractivity contribution in [1.82, 2.24) is 9.97 Å². The Hall–Kier alpha value is -2.28. The van der Waals surface area contributed by atoms with Crippen LogP contribution in [0, 0.1) is 0 Å². The Labute approximate surface area is 116 Å². The van der Waals surface area contributed by atoms with Crippen LogP contribution < -0.4 is 5.32 Å². The van der Waals surface area contributed by atoms with Gasteiger partial charge in [0.05, 0.1) is 5.56 Å². The molecule has 2 N–H and O–H groups in total. The van der Waals surface area contributed by atoms with Crippen LogP contribution in [0.5, 0.6) is 0 Å². The van der Waals surface area contributed by atoms with Gasteiger partial charge in [-0.1, -0.05) is 0 Å². The molecule has 2 heterocycles. The molecule has 0 bridgehead atoms. The number of hydrogen-bond acceptors (Lipinski definition) is 4. The van der Waals surface area contributed by atoms with Gasteiger partial charge in [0.25, 0.3) is 5.91 Å². The second-order valence-corrected chi connectivity index (χ2v) is 4.37. The van der Waals surface area contributed by atoms with Crippen molar-refractivity contribution in [2.45, 2.75) is 0 Å². The number of carboxylic acid groups (broad SMARTS) is 1. The summed E-state index contributed by atoms with van der Waals surface area (Å²) in [6, 6.07) is 6.04. The van der Waals surface area contributed by atoms with E-state index in [1.807, 2.05) is 0 Å². The first-order chi connectivity index (χ1) is 9.06. The molecule has 0 aliphatic carbocycles. The topological polar surface area (TPSA) is 92.2 Å². The summed E-state index contributed by atoms with van der Waals surface area (Å²) in [7, 11) is 0. The van der Waals surface area contributed by atoms with Gasteiger partial charge in [0.1, 0.15) is 10.3 Å². The predicted molar refractivity (Wildman–Crippen MR) is 71.1 cm³/mol. The lowest BCUT2D eigenvalue weighted by atomic mass is 10.2. The summed E-state index contributed by atoms with van der Waals surface area (Å²) in [4.78, 5) is 30.2. The fourth-order valence-electron chi connectivity index (χ4n) is 1.34. The highest BCUT2D eigenvalue weighted by Crippen LogP contribution is 2.11. The zero-order chi connectivity index (χ0) is 13.8. The second-order valence-electron chi connectivity index (χ2n) is 3.56. The Morgan fingerprint density at radius 1 is 1.21 bits per heavy atom. The molecule has 0 aliphatic rings. The van der Waals surface area contributed by atoms with Crippen molar-refractivity contribution in [3.8, 4) is 0 Å². The van der Waals surface area contributed by atoms with E-state index >= 15 is 0 Å². The van der Waals surface area contributed by atoms with E-state index < -0.39 is 5.97 Å². The third kappa shape index (κ3) is 3.35. The zero-order valence-corrected chi connectivity index (χ0v) is 11.1. The van der Waals surface area contributed by atoms with Crippen LogP contribution in [0.3, 0.4) is 0 Å². The fourth-order valence-corrected chi connectivity index (χ4v) is 1.57. The summed E-state index contributed by atoms with van der Waals surface area (Å²) in [5.74, 6) is -1.52. The van der Waals surface area contributed by atoms with Crippen LogP contribution in [0.25, 0.3) is 0 Å². The number of rotatable bonds is 3. The van der Waals surface area contributed by atoms with E-state index in [0.717, 1.165) is 0 Å². The van der Waals surface area contributed by atoms with Crippen molar-refractivity contribution in [2.24, 2.45) is 0 Å². The first-order valence-electron chi connectivity index (χ1n) is 5.18. The molecular formula is C12H8BrN3O3. The number of aromatic nitrogens is 2. The summed E-state index contributed by atoms with van der Waals surface area (Å²) < 4.78 is 0.626. The number of carbonyl (C=O) groups is 2. The van der Waals surface area contributed by atoms with Gasteiger partial charge < -0.3 is 10.4 Å². The van der Waals surface area contributed by atoms with E-state index in [1.54, 1.807) is 12.1 Å². The molecule has 96 valence electrons. The quantitative estimate of drug-likeness (QED) is 0.845. The fraction of sp³-hybridized carbons (Fsp3) is 0. The predicted octanol–water partition coefficient (Wildman–Crippen LogP) is 2.19. The zero-order valence-electron chi connectivity index (χ0n) is 9.50. The van der Waals surface area contributed by atoms with E-state index in [0.29, 0.717) is 15.9 Å². The standard InChI is InChI=1S/C12H8BrN3O3/c13-10-2-1-7(6-15-10)11(17)16-8-3-4-14-9(5-8)12(18)19/h1-6H,(H,18,19)(H,14,16,17). The van der Waals surface area contributed by atoms with Crippen molar-refractivity contribution in [1.29, 1.82) is 0 Å². The van der Waals surface area contributed by atoms with Gasteiger partial charge in [-0.3, -0.25) is 4.79 Å². The number of aromatic carboxylic acids is 1. The first-order valence-corrected chi connectivity index (χ1v) is 5.98. The highest BCUT2D eigenvalue weighted by atomic mass is 79.9. The van der Waals surface area contributed by atoms with E-state index in [-0.39, 0.29) is 11.6 Å². The number of carboxylic acids is 1. The van der Waals surface area contributed by atoms with Gasteiger partial charge in [0.2, 0.25) is 0 Å². The average Bonchev–Trinajstić information content (AvgIpc) is 2.39. The number of nitrogens with zero attached hydrogens (tertiary/aromatic N) is 2. The van der Waals surface area contributed by atoms with E-state index in [2.05, 4.69) is 31.2 Å². The first kappa shape index (κ1) is 13.2. The molecule has 0 saturated heterocycles. The molecule has 0 aliphatic heterocycles. The van der Waals surface area contributed by atoms with Crippen molar-refractivity contribution >= 4 is 33.5 Å². The van der Waals surface area contributed by atoms with Crippen LogP contribution in [-0.4, -0.2) is 27.0 Å². The lowest BCUT2D eigenvalue weighted by Gasteiger charge is -2.05. The maximum absolute atomic E-state index is 11.9. The summed E-state index contributed by atoms with van der Waals surface area (Å²) in [6.45, 7) is 0. The van der Waals surface area contributed by atoms with E-state index in [1.165, 1.54) is 24.5 Å². The van der Waals surface area contributed by atoms with Crippen molar-refractivity contribution in [3.63, 3.8) is 0 Å². The summed E-state index contributed by atoms with van der Waals surface area (Å²) >= 11 is 3.17. The SMILES string of the molecule is O=C(Nc1ccnc(C(=O)O)c1)c1ccc(Br)nc1. The van der Waals surface area contributed by atoms with Gasteiger partial charge in [-0.2, -0.15) is 0 Å². The molecular weight excluding hydrogens is 314 g/mol. The summed E-state index contributed by atoms with van der Waals surface area (Å²) in [5.41, 5.74) is 0.601. The lowest BCUT2D eigenvalue weighted by molar-refractivity contribution is 0.0690. The highest BCUT2D eigenvalue weighted by molar-refractivity contribution is 9.10. The maximum Gasteiger partial charge on any atom is 0.354 e. The minimum Gasteiger partial charge on any atom is -0.477 e. The van der Waals surface area contributed by atoms with E-state index in [9.17, 15) is 9.59 Å². The van der Waals surface area contributed by atoms with Crippen molar-refractivity contribution in [3.05, 3.63) is 52.5 Å². The van der Waals surface area contributed by atoms with Gasteiger partial charge in [-0.25, -0.2) is 14.8 Å². The Balaban J connectivity index is 2.17. The van der Waals surface area contributed by atoms with Gasteiger partial charge in [0.15, 0.2) is 0 Å².